The van der Waals surface area contributed by atoms with Crippen molar-refractivity contribution in [1.82, 2.24) is 0 Å². The number of fused-ring (bicyclic) bond motifs is 1. The first-order chi connectivity index (χ1) is 9.74. The Morgan fingerprint density at radius 3 is 2.45 bits per heavy atom. The third-order valence-electron chi connectivity index (χ3n) is 4.45. The minimum atomic E-state index is 0.408. The number of hydrogen-bond donors (Lipinski definition) is 0. The average molecular weight is 333 g/mol. The molecule has 0 heterocycles. The molecule has 0 bridgehead atoms. The Hall–Kier alpha value is -1.02. The Kier molecular flexibility index (Phi) is 4.30. The molecule has 1 saturated carbocycles. The van der Waals surface area contributed by atoms with Crippen molar-refractivity contribution in [2.24, 2.45) is 5.92 Å². The molecule has 106 valence electrons. The Morgan fingerprint density at radius 1 is 1.00 bits per heavy atom. The summed E-state index contributed by atoms with van der Waals surface area (Å²) >= 11 is 3.51. The maximum Gasteiger partial charge on any atom is 0.120 e. The monoisotopic (exact) mass is 332 g/mol. The van der Waals surface area contributed by atoms with Crippen molar-refractivity contribution in [1.29, 1.82) is 0 Å². The fourth-order valence-electron chi connectivity index (χ4n) is 3.12. The highest BCUT2D eigenvalue weighted by molar-refractivity contribution is 9.10. The first-order valence-corrected chi connectivity index (χ1v) is 8.40. The van der Waals surface area contributed by atoms with Crippen LogP contribution in [0.15, 0.2) is 40.9 Å². The second kappa shape index (κ2) is 6.17. The van der Waals surface area contributed by atoms with Crippen molar-refractivity contribution in [3.05, 3.63) is 40.9 Å². The van der Waals surface area contributed by atoms with Crippen molar-refractivity contribution < 1.29 is 4.74 Å². The Labute approximate surface area is 129 Å². The Balaban J connectivity index is 1.70. The molecule has 1 aliphatic carbocycles. The molecule has 3 rings (SSSR count). The molecule has 2 heteroatoms. The summed E-state index contributed by atoms with van der Waals surface area (Å²) in [6.07, 6.45) is 6.78. The van der Waals surface area contributed by atoms with E-state index in [2.05, 4.69) is 59.3 Å². The molecule has 0 aliphatic heterocycles. The Morgan fingerprint density at radius 2 is 1.70 bits per heavy atom. The van der Waals surface area contributed by atoms with Gasteiger partial charge in [0, 0.05) is 4.47 Å². The highest BCUT2D eigenvalue weighted by atomic mass is 79.9. The second-order valence-corrected chi connectivity index (χ2v) is 6.74. The highest BCUT2D eigenvalue weighted by Gasteiger charge is 2.21. The maximum atomic E-state index is 6.17. The first kappa shape index (κ1) is 13.9. The largest absolute Gasteiger partial charge is 0.490 e. The van der Waals surface area contributed by atoms with Crippen LogP contribution in [0.3, 0.4) is 0 Å². The van der Waals surface area contributed by atoms with E-state index in [1.807, 2.05) is 0 Å². The topological polar surface area (TPSA) is 9.23 Å². The fraction of sp³-hybridized carbons (Fsp3) is 0.444. The van der Waals surface area contributed by atoms with E-state index in [1.54, 1.807) is 0 Å². The van der Waals surface area contributed by atoms with Gasteiger partial charge in [-0.1, -0.05) is 41.4 Å². The van der Waals surface area contributed by atoms with Gasteiger partial charge in [-0.15, -0.1) is 0 Å². The number of rotatable bonds is 3. The van der Waals surface area contributed by atoms with Gasteiger partial charge in [0.15, 0.2) is 0 Å². The molecule has 2 aromatic carbocycles. The summed E-state index contributed by atoms with van der Waals surface area (Å²) in [7, 11) is 0. The van der Waals surface area contributed by atoms with Gasteiger partial charge >= 0.3 is 0 Å². The van der Waals surface area contributed by atoms with E-state index in [-0.39, 0.29) is 0 Å². The van der Waals surface area contributed by atoms with Crippen LogP contribution in [-0.2, 0) is 0 Å². The Bertz CT molecular complexity index is 585. The molecular formula is C18H21BrO. The lowest BCUT2D eigenvalue weighted by Crippen LogP contribution is -2.23. The molecule has 0 unspecified atom stereocenters. The van der Waals surface area contributed by atoms with Gasteiger partial charge in [-0.05, 0) is 66.6 Å². The number of ether oxygens (including phenoxy) is 1. The van der Waals surface area contributed by atoms with Gasteiger partial charge in [0.1, 0.15) is 5.75 Å². The number of halogens is 1. The van der Waals surface area contributed by atoms with Crippen LogP contribution < -0.4 is 4.74 Å². The average Bonchev–Trinajstić information content (AvgIpc) is 2.48. The van der Waals surface area contributed by atoms with Gasteiger partial charge < -0.3 is 4.74 Å². The van der Waals surface area contributed by atoms with E-state index in [9.17, 15) is 0 Å². The molecule has 1 aliphatic rings. The molecular weight excluding hydrogens is 312 g/mol. The van der Waals surface area contributed by atoms with E-state index >= 15 is 0 Å². The summed E-state index contributed by atoms with van der Waals surface area (Å²) in [5.41, 5.74) is 0. The molecule has 0 atom stereocenters. The molecule has 0 N–H and O–H groups in total. The molecule has 0 radical (unpaired) electrons. The molecule has 0 saturated heterocycles. The summed E-state index contributed by atoms with van der Waals surface area (Å²) in [6, 6.07) is 12.8. The fourth-order valence-corrected chi connectivity index (χ4v) is 3.50. The normalized spacial score (nSPS) is 22.9. The van der Waals surface area contributed by atoms with Crippen LogP contribution >= 0.6 is 15.9 Å². The van der Waals surface area contributed by atoms with Crippen LogP contribution in [0.25, 0.3) is 10.8 Å². The van der Waals surface area contributed by atoms with Gasteiger partial charge in [0.25, 0.3) is 0 Å². The van der Waals surface area contributed by atoms with E-state index in [0.717, 1.165) is 16.1 Å². The van der Waals surface area contributed by atoms with Crippen LogP contribution in [0.4, 0.5) is 0 Å². The third kappa shape index (κ3) is 3.17. The van der Waals surface area contributed by atoms with E-state index in [0.29, 0.717) is 6.10 Å². The molecule has 1 nitrogen and oxygen atoms in total. The van der Waals surface area contributed by atoms with Crippen molar-refractivity contribution in [2.45, 2.75) is 45.1 Å². The summed E-state index contributed by atoms with van der Waals surface area (Å²) in [4.78, 5) is 0. The summed E-state index contributed by atoms with van der Waals surface area (Å²) < 4.78 is 7.30. The van der Waals surface area contributed by atoms with Crippen molar-refractivity contribution in [2.75, 3.05) is 0 Å². The standard InChI is InChI=1S/C18H21BrO/c1-2-13-3-8-17(9-4-13)20-18-10-6-14-11-16(19)7-5-15(14)12-18/h5-7,10-13,17H,2-4,8-9H2,1H3/t13-,17+. The zero-order valence-electron chi connectivity index (χ0n) is 11.9. The van der Waals surface area contributed by atoms with Gasteiger partial charge in [0.2, 0.25) is 0 Å². The molecule has 1 fully saturated rings. The summed E-state index contributed by atoms with van der Waals surface area (Å²) in [6.45, 7) is 2.30. The van der Waals surface area contributed by atoms with Crippen molar-refractivity contribution in [3.8, 4) is 5.75 Å². The highest BCUT2D eigenvalue weighted by Crippen LogP contribution is 2.30. The SMILES string of the molecule is CC[C@H]1CC[C@@H](Oc2ccc3cc(Br)ccc3c2)CC1. The predicted molar refractivity (Wildman–Crippen MR) is 88.3 cm³/mol. The van der Waals surface area contributed by atoms with Crippen LogP contribution in [0.1, 0.15) is 39.0 Å². The second-order valence-electron chi connectivity index (χ2n) is 5.82. The minimum absolute atomic E-state index is 0.408. The van der Waals surface area contributed by atoms with E-state index in [4.69, 9.17) is 4.74 Å². The van der Waals surface area contributed by atoms with Crippen LogP contribution in [0.2, 0.25) is 0 Å². The molecule has 0 spiro atoms. The summed E-state index contributed by atoms with van der Waals surface area (Å²) in [5, 5.41) is 2.49. The van der Waals surface area contributed by atoms with E-state index < -0.39 is 0 Å². The van der Waals surface area contributed by atoms with Crippen LogP contribution in [0.5, 0.6) is 5.75 Å². The zero-order valence-corrected chi connectivity index (χ0v) is 13.5. The molecule has 2 aromatic rings. The zero-order chi connectivity index (χ0) is 13.9. The van der Waals surface area contributed by atoms with Crippen LogP contribution in [-0.4, -0.2) is 6.10 Å². The van der Waals surface area contributed by atoms with Crippen molar-refractivity contribution in [3.63, 3.8) is 0 Å². The van der Waals surface area contributed by atoms with Gasteiger partial charge in [-0.2, -0.15) is 0 Å². The maximum absolute atomic E-state index is 6.17. The van der Waals surface area contributed by atoms with Gasteiger partial charge in [0.05, 0.1) is 6.10 Å². The lowest BCUT2D eigenvalue weighted by atomic mass is 9.86. The van der Waals surface area contributed by atoms with Gasteiger partial charge in [-0.3, -0.25) is 0 Å². The molecule has 20 heavy (non-hydrogen) atoms. The first-order valence-electron chi connectivity index (χ1n) is 7.60. The summed E-state index contributed by atoms with van der Waals surface area (Å²) in [5.74, 6) is 1.93. The van der Waals surface area contributed by atoms with Gasteiger partial charge in [-0.25, -0.2) is 0 Å². The third-order valence-corrected chi connectivity index (χ3v) is 4.94. The quantitative estimate of drug-likeness (QED) is 0.674. The molecule has 0 aromatic heterocycles. The lowest BCUT2D eigenvalue weighted by molar-refractivity contribution is 0.130. The number of hydrogen-bond acceptors (Lipinski definition) is 1. The predicted octanol–water partition coefficient (Wildman–Crippen LogP) is 5.95. The minimum Gasteiger partial charge on any atom is -0.490 e. The number of benzene rings is 2. The molecule has 0 amide bonds. The van der Waals surface area contributed by atoms with Crippen molar-refractivity contribution >= 4 is 26.7 Å². The lowest BCUT2D eigenvalue weighted by Gasteiger charge is -2.28. The smallest absolute Gasteiger partial charge is 0.120 e. The van der Waals surface area contributed by atoms with E-state index in [1.165, 1.54) is 42.9 Å². The van der Waals surface area contributed by atoms with Crippen LogP contribution in [0, 0.1) is 5.92 Å².